The Morgan fingerprint density at radius 3 is 1.20 bits per heavy atom. The highest BCUT2D eigenvalue weighted by Crippen LogP contribution is 2.30. The van der Waals surface area contributed by atoms with Gasteiger partial charge >= 0.3 is 6.08 Å². The minimum Gasteiger partial charge on any atom is -0.416 e. The molecule has 0 saturated heterocycles. The minimum absolute atomic E-state index is 0.0545. The predicted octanol–water partition coefficient (Wildman–Crippen LogP) is 8.58. The van der Waals surface area contributed by atoms with Crippen molar-refractivity contribution in [3.63, 3.8) is 0 Å². The van der Waals surface area contributed by atoms with E-state index in [1.807, 2.05) is 97.1 Å². The third-order valence-electron chi connectivity index (χ3n) is 6.62. The summed E-state index contributed by atoms with van der Waals surface area (Å²) in [5.41, 5.74) is 6.96. The minimum atomic E-state index is 0.0545. The van der Waals surface area contributed by atoms with Crippen LogP contribution in [0.3, 0.4) is 0 Å². The molecule has 0 spiro atoms. The summed E-state index contributed by atoms with van der Waals surface area (Å²) in [4.78, 5) is 0. The van der Waals surface area contributed by atoms with E-state index in [1.54, 1.807) is 12.1 Å². The molecule has 0 bridgehead atoms. The standard InChI is InChI=1S/C34H22N4O3/c1-3-7-23(8-4-1)25-11-15-27(16-12-25)31-35-36-32(40-31)29-19-21-30(22-20-29)39-34-38-37-33(41-34)28-17-13-26(14-18-28)24-9-5-2-6-10-24/h1-22H. The van der Waals surface area contributed by atoms with Crippen molar-refractivity contribution in [1.82, 2.24) is 20.4 Å². The van der Waals surface area contributed by atoms with E-state index < -0.39 is 0 Å². The molecule has 0 radical (unpaired) electrons. The van der Waals surface area contributed by atoms with Gasteiger partial charge in [0.1, 0.15) is 5.75 Å². The zero-order chi connectivity index (χ0) is 27.4. The van der Waals surface area contributed by atoms with Gasteiger partial charge in [-0.15, -0.1) is 15.3 Å². The number of aromatic nitrogens is 4. The van der Waals surface area contributed by atoms with Gasteiger partial charge in [0, 0.05) is 16.7 Å². The second kappa shape index (κ2) is 10.7. The predicted molar refractivity (Wildman–Crippen MR) is 156 cm³/mol. The van der Waals surface area contributed by atoms with Crippen molar-refractivity contribution in [2.24, 2.45) is 0 Å². The second-order valence-electron chi connectivity index (χ2n) is 9.30. The van der Waals surface area contributed by atoms with E-state index in [2.05, 4.69) is 44.7 Å². The Hall–Kier alpha value is -5.82. The summed E-state index contributed by atoms with van der Waals surface area (Å²) in [6, 6.07) is 43.6. The van der Waals surface area contributed by atoms with Gasteiger partial charge in [0.15, 0.2) is 0 Å². The Balaban J connectivity index is 1.01. The fourth-order valence-corrected chi connectivity index (χ4v) is 4.46. The molecule has 7 aromatic rings. The van der Waals surface area contributed by atoms with Gasteiger partial charge in [0.25, 0.3) is 5.89 Å². The number of nitrogens with zero attached hydrogens (tertiary/aromatic N) is 4. The average Bonchev–Trinajstić information content (AvgIpc) is 3.73. The molecule has 0 aliphatic rings. The SMILES string of the molecule is c1ccc(-c2ccc(-c3nnc(Oc4ccc(-c5nnc(-c6ccc(-c7ccccc7)cc6)o5)cc4)o3)cc2)cc1. The van der Waals surface area contributed by atoms with Gasteiger partial charge in [-0.3, -0.25) is 0 Å². The topological polar surface area (TPSA) is 87.1 Å². The molecule has 0 unspecified atom stereocenters. The summed E-state index contributed by atoms with van der Waals surface area (Å²) in [5.74, 6) is 1.79. The molecule has 7 heteroatoms. The van der Waals surface area contributed by atoms with Gasteiger partial charge in [0.2, 0.25) is 11.8 Å². The summed E-state index contributed by atoms with van der Waals surface area (Å²) in [7, 11) is 0. The van der Waals surface area contributed by atoms with E-state index in [9.17, 15) is 0 Å². The Labute approximate surface area is 235 Å². The zero-order valence-electron chi connectivity index (χ0n) is 21.7. The van der Waals surface area contributed by atoms with Crippen LogP contribution in [0.1, 0.15) is 0 Å². The molecular formula is C34H22N4O3. The molecule has 2 aromatic heterocycles. The van der Waals surface area contributed by atoms with Crippen molar-refractivity contribution < 1.29 is 13.6 Å². The van der Waals surface area contributed by atoms with Gasteiger partial charge in [-0.1, -0.05) is 90.0 Å². The van der Waals surface area contributed by atoms with Crippen LogP contribution in [0.4, 0.5) is 0 Å². The third-order valence-corrected chi connectivity index (χ3v) is 6.62. The maximum Gasteiger partial charge on any atom is 0.420 e. The van der Waals surface area contributed by atoms with Crippen LogP contribution in [-0.4, -0.2) is 20.4 Å². The van der Waals surface area contributed by atoms with Gasteiger partial charge in [-0.2, -0.15) is 0 Å². The largest absolute Gasteiger partial charge is 0.420 e. The molecular weight excluding hydrogens is 512 g/mol. The van der Waals surface area contributed by atoms with Crippen molar-refractivity contribution in [1.29, 1.82) is 0 Å². The monoisotopic (exact) mass is 534 g/mol. The Kier molecular flexibility index (Phi) is 6.35. The van der Waals surface area contributed by atoms with Crippen molar-refractivity contribution in [2.75, 3.05) is 0 Å². The zero-order valence-corrected chi connectivity index (χ0v) is 21.7. The number of hydrogen-bond donors (Lipinski definition) is 0. The van der Waals surface area contributed by atoms with Gasteiger partial charge < -0.3 is 13.6 Å². The molecule has 0 aliphatic heterocycles. The smallest absolute Gasteiger partial charge is 0.416 e. The van der Waals surface area contributed by atoms with E-state index >= 15 is 0 Å². The van der Waals surface area contributed by atoms with Gasteiger partial charge in [-0.25, -0.2) is 0 Å². The third kappa shape index (κ3) is 5.24. The van der Waals surface area contributed by atoms with Crippen LogP contribution in [-0.2, 0) is 0 Å². The molecule has 0 N–H and O–H groups in total. The quantitative estimate of drug-likeness (QED) is 0.202. The van der Waals surface area contributed by atoms with Gasteiger partial charge in [0.05, 0.1) is 0 Å². The Morgan fingerprint density at radius 2 is 0.707 bits per heavy atom. The molecule has 0 aliphatic carbocycles. The first-order valence-electron chi connectivity index (χ1n) is 13.1. The van der Waals surface area contributed by atoms with E-state index in [-0.39, 0.29) is 6.08 Å². The molecule has 7 nitrogen and oxygen atoms in total. The highest BCUT2D eigenvalue weighted by Gasteiger charge is 2.13. The molecule has 5 aromatic carbocycles. The lowest BCUT2D eigenvalue weighted by molar-refractivity contribution is 0.335. The molecule has 41 heavy (non-hydrogen) atoms. The molecule has 0 fully saturated rings. The first kappa shape index (κ1) is 24.2. The Morgan fingerprint density at radius 1 is 0.341 bits per heavy atom. The number of rotatable bonds is 7. The molecule has 0 atom stereocenters. The lowest BCUT2D eigenvalue weighted by Gasteiger charge is -2.02. The lowest BCUT2D eigenvalue weighted by Crippen LogP contribution is -1.84. The molecule has 0 amide bonds. The van der Waals surface area contributed by atoms with Crippen molar-refractivity contribution in [2.45, 2.75) is 0 Å². The number of benzene rings is 5. The number of hydrogen-bond acceptors (Lipinski definition) is 7. The van der Waals surface area contributed by atoms with E-state index in [0.717, 1.165) is 38.9 Å². The first-order chi connectivity index (χ1) is 20.3. The van der Waals surface area contributed by atoms with Crippen LogP contribution in [0.25, 0.3) is 56.6 Å². The fraction of sp³-hybridized carbons (Fsp3) is 0. The molecule has 2 heterocycles. The van der Waals surface area contributed by atoms with Crippen molar-refractivity contribution in [3.05, 3.63) is 133 Å². The van der Waals surface area contributed by atoms with Crippen LogP contribution >= 0.6 is 0 Å². The van der Waals surface area contributed by atoms with E-state index in [0.29, 0.717) is 23.4 Å². The first-order valence-corrected chi connectivity index (χ1v) is 13.1. The maximum atomic E-state index is 5.94. The van der Waals surface area contributed by atoms with Gasteiger partial charge in [-0.05, 0) is 70.8 Å². The van der Waals surface area contributed by atoms with Crippen molar-refractivity contribution in [3.8, 4) is 68.4 Å². The molecule has 7 rings (SSSR count). The van der Waals surface area contributed by atoms with E-state index in [1.165, 1.54) is 0 Å². The summed E-state index contributed by atoms with van der Waals surface area (Å²) in [6.45, 7) is 0. The normalized spacial score (nSPS) is 10.9. The maximum absolute atomic E-state index is 5.94. The number of ether oxygens (including phenoxy) is 1. The van der Waals surface area contributed by atoms with Crippen molar-refractivity contribution >= 4 is 0 Å². The highest BCUT2D eigenvalue weighted by molar-refractivity contribution is 5.68. The fourth-order valence-electron chi connectivity index (χ4n) is 4.46. The van der Waals surface area contributed by atoms with Crippen LogP contribution in [0.15, 0.2) is 142 Å². The average molecular weight is 535 g/mol. The molecule has 196 valence electrons. The molecule has 0 saturated carbocycles. The van der Waals surface area contributed by atoms with Crippen LogP contribution in [0.2, 0.25) is 0 Å². The Bertz CT molecular complexity index is 1880. The van der Waals surface area contributed by atoms with Crippen LogP contribution in [0, 0.1) is 0 Å². The highest BCUT2D eigenvalue weighted by atomic mass is 16.6. The van der Waals surface area contributed by atoms with E-state index in [4.69, 9.17) is 13.6 Å². The second-order valence-corrected chi connectivity index (χ2v) is 9.30. The lowest BCUT2D eigenvalue weighted by atomic mass is 10.0. The summed E-state index contributed by atoms with van der Waals surface area (Å²) < 4.78 is 17.5. The van der Waals surface area contributed by atoms with Crippen LogP contribution < -0.4 is 4.74 Å². The summed E-state index contributed by atoms with van der Waals surface area (Å²) >= 11 is 0. The summed E-state index contributed by atoms with van der Waals surface area (Å²) in [6.07, 6.45) is 0.0545. The van der Waals surface area contributed by atoms with Crippen LogP contribution in [0.5, 0.6) is 11.8 Å². The summed E-state index contributed by atoms with van der Waals surface area (Å²) in [5, 5.41) is 16.6.